The number of nitrogens with two attached hydrogens (primary N) is 1. The van der Waals surface area contributed by atoms with Crippen molar-refractivity contribution < 1.29 is 8.42 Å². The highest BCUT2D eigenvalue weighted by atomic mass is 79.9. The van der Waals surface area contributed by atoms with Crippen molar-refractivity contribution in [1.29, 1.82) is 0 Å². The summed E-state index contributed by atoms with van der Waals surface area (Å²) < 4.78 is 28.5. The molecule has 2 N–H and O–H groups in total. The van der Waals surface area contributed by atoms with Gasteiger partial charge in [-0.3, -0.25) is 0 Å². The number of sulfonamides is 1. The first-order chi connectivity index (χ1) is 9.78. The van der Waals surface area contributed by atoms with Crippen LogP contribution in [0.4, 0.5) is 0 Å². The number of hydrogen-bond acceptors (Lipinski definition) is 3. The maximum absolute atomic E-state index is 13.1. The van der Waals surface area contributed by atoms with Gasteiger partial charge < -0.3 is 5.73 Å². The first-order valence-electron chi connectivity index (χ1n) is 7.31. The summed E-state index contributed by atoms with van der Waals surface area (Å²) in [5, 5.41) is 0. The Morgan fingerprint density at radius 1 is 1.29 bits per heavy atom. The molecule has 1 heterocycles. The Morgan fingerprint density at radius 2 is 1.86 bits per heavy atom. The van der Waals surface area contributed by atoms with Gasteiger partial charge in [0.05, 0.1) is 4.90 Å². The van der Waals surface area contributed by atoms with Crippen LogP contribution in [-0.4, -0.2) is 24.8 Å². The summed E-state index contributed by atoms with van der Waals surface area (Å²) in [6.45, 7) is 6.20. The first-order valence-corrected chi connectivity index (χ1v) is 9.55. The van der Waals surface area contributed by atoms with Crippen LogP contribution >= 0.6 is 15.9 Å². The molecule has 1 saturated heterocycles. The molecule has 1 aromatic rings. The predicted octanol–water partition coefficient (Wildman–Crippen LogP) is 3.17. The van der Waals surface area contributed by atoms with Crippen molar-refractivity contribution >= 4 is 26.0 Å². The summed E-state index contributed by atoms with van der Waals surface area (Å²) in [7, 11) is -3.52. The Kier molecular flexibility index (Phi) is 5.13. The molecule has 0 aromatic heterocycles. The van der Waals surface area contributed by atoms with E-state index < -0.39 is 10.0 Å². The van der Waals surface area contributed by atoms with Gasteiger partial charge in [-0.2, -0.15) is 4.31 Å². The van der Waals surface area contributed by atoms with Crippen LogP contribution in [0.2, 0.25) is 0 Å². The van der Waals surface area contributed by atoms with Gasteiger partial charge >= 0.3 is 0 Å². The van der Waals surface area contributed by atoms with E-state index in [9.17, 15) is 8.42 Å². The van der Waals surface area contributed by atoms with Crippen LogP contribution in [0.3, 0.4) is 0 Å². The summed E-state index contributed by atoms with van der Waals surface area (Å²) >= 11 is 3.44. The third-order valence-corrected chi connectivity index (χ3v) is 7.65. The second-order valence-electron chi connectivity index (χ2n) is 5.89. The molecule has 1 aliphatic rings. The molecule has 4 nitrogen and oxygen atoms in total. The Labute approximate surface area is 135 Å². The van der Waals surface area contributed by atoms with E-state index in [1.807, 2.05) is 26.8 Å². The average molecular weight is 375 g/mol. The number of rotatable bonds is 3. The van der Waals surface area contributed by atoms with Gasteiger partial charge in [-0.05, 0) is 66.7 Å². The predicted molar refractivity (Wildman–Crippen MR) is 88.6 cm³/mol. The maximum atomic E-state index is 13.1. The van der Waals surface area contributed by atoms with Crippen molar-refractivity contribution in [2.45, 2.75) is 63.6 Å². The van der Waals surface area contributed by atoms with Crippen LogP contribution in [0.5, 0.6) is 0 Å². The molecule has 118 valence electrons. The highest BCUT2D eigenvalue weighted by Crippen LogP contribution is 2.34. The van der Waals surface area contributed by atoms with Crippen LogP contribution in [0.1, 0.15) is 44.2 Å². The van der Waals surface area contributed by atoms with Crippen LogP contribution in [0.25, 0.3) is 0 Å². The molecule has 2 rings (SSSR count). The first kappa shape index (κ1) is 16.9. The minimum absolute atomic E-state index is 0.0347. The van der Waals surface area contributed by atoms with Gasteiger partial charge in [-0.15, -0.1) is 0 Å². The minimum Gasteiger partial charge on any atom is -0.326 e. The molecular formula is C15H23BrN2O2S. The summed E-state index contributed by atoms with van der Waals surface area (Å²) in [5.74, 6) is 0. The largest absolute Gasteiger partial charge is 0.326 e. The normalized spacial score (nSPS) is 24.2. The van der Waals surface area contributed by atoms with Gasteiger partial charge in [-0.1, -0.05) is 12.5 Å². The molecule has 0 bridgehead atoms. The SMILES string of the molecule is Cc1cc(CN)cc(S(=O)(=O)N2[C@H](C)CCC[C@@H]2C)c1Br. The maximum Gasteiger partial charge on any atom is 0.244 e. The summed E-state index contributed by atoms with van der Waals surface area (Å²) in [6.07, 6.45) is 2.91. The molecule has 0 unspecified atom stereocenters. The molecule has 0 saturated carbocycles. The van der Waals surface area contributed by atoms with Gasteiger partial charge in [0.2, 0.25) is 10.0 Å². The van der Waals surface area contributed by atoms with Gasteiger partial charge in [0.25, 0.3) is 0 Å². The lowest BCUT2D eigenvalue weighted by Gasteiger charge is -2.38. The number of piperidine rings is 1. The second kappa shape index (κ2) is 6.36. The second-order valence-corrected chi connectivity index (χ2v) is 8.50. The molecule has 0 amide bonds. The Bertz CT molecular complexity index is 621. The zero-order chi connectivity index (χ0) is 15.8. The summed E-state index contributed by atoms with van der Waals surface area (Å²) in [5.41, 5.74) is 7.43. The standard InChI is InChI=1S/C15H23BrN2O2S/c1-10-7-13(9-17)8-14(15(10)16)21(19,20)18-11(2)5-4-6-12(18)3/h7-8,11-12H,4-6,9,17H2,1-3H3/t11-,12+. The van der Waals surface area contributed by atoms with Gasteiger partial charge in [0, 0.05) is 23.1 Å². The molecule has 0 spiro atoms. The summed E-state index contributed by atoms with van der Waals surface area (Å²) in [4.78, 5) is 0.337. The van der Waals surface area contributed by atoms with Gasteiger partial charge in [-0.25, -0.2) is 8.42 Å². The van der Waals surface area contributed by atoms with Crippen molar-refractivity contribution in [3.63, 3.8) is 0 Å². The third kappa shape index (κ3) is 3.18. The lowest BCUT2D eigenvalue weighted by atomic mass is 10.0. The molecule has 21 heavy (non-hydrogen) atoms. The number of benzene rings is 1. The van der Waals surface area contributed by atoms with Crippen molar-refractivity contribution in [1.82, 2.24) is 4.31 Å². The molecule has 1 aliphatic heterocycles. The van der Waals surface area contributed by atoms with Crippen LogP contribution in [0.15, 0.2) is 21.5 Å². The van der Waals surface area contributed by atoms with E-state index in [2.05, 4.69) is 15.9 Å². The topological polar surface area (TPSA) is 63.4 Å². The van der Waals surface area contributed by atoms with E-state index in [4.69, 9.17) is 5.73 Å². The van der Waals surface area contributed by atoms with Crippen molar-refractivity contribution in [3.05, 3.63) is 27.7 Å². The fourth-order valence-corrected chi connectivity index (χ4v) is 6.02. The van der Waals surface area contributed by atoms with Crippen molar-refractivity contribution in [2.75, 3.05) is 0 Å². The number of nitrogens with zero attached hydrogens (tertiary/aromatic N) is 1. The number of halogens is 1. The van der Waals surface area contributed by atoms with Crippen LogP contribution in [0, 0.1) is 6.92 Å². The summed E-state index contributed by atoms with van der Waals surface area (Å²) in [6, 6.07) is 3.69. The van der Waals surface area contributed by atoms with E-state index in [1.54, 1.807) is 10.4 Å². The smallest absolute Gasteiger partial charge is 0.244 e. The van der Waals surface area contributed by atoms with E-state index in [0.717, 1.165) is 30.4 Å². The molecule has 6 heteroatoms. The molecule has 1 aromatic carbocycles. The zero-order valence-electron chi connectivity index (χ0n) is 12.8. The fraction of sp³-hybridized carbons (Fsp3) is 0.600. The molecule has 0 aliphatic carbocycles. The quantitative estimate of drug-likeness (QED) is 0.883. The van der Waals surface area contributed by atoms with Gasteiger partial charge in [0.1, 0.15) is 0 Å². The highest BCUT2D eigenvalue weighted by Gasteiger charge is 2.36. The van der Waals surface area contributed by atoms with E-state index in [-0.39, 0.29) is 12.1 Å². The molecule has 1 fully saturated rings. The highest BCUT2D eigenvalue weighted by molar-refractivity contribution is 9.10. The third-order valence-electron chi connectivity index (χ3n) is 4.18. The van der Waals surface area contributed by atoms with Gasteiger partial charge in [0.15, 0.2) is 0 Å². The van der Waals surface area contributed by atoms with E-state index in [1.165, 1.54) is 0 Å². The van der Waals surface area contributed by atoms with Crippen LogP contribution in [-0.2, 0) is 16.6 Å². The van der Waals surface area contributed by atoms with E-state index >= 15 is 0 Å². The average Bonchev–Trinajstić information content (AvgIpc) is 2.41. The Balaban J connectivity index is 2.55. The number of aryl methyl sites for hydroxylation is 1. The lowest BCUT2D eigenvalue weighted by Crippen LogP contribution is -2.47. The van der Waals surface area contributed by atoms with Crippen molar-refractivity contribution in [2.24, 2.45) is 5.73 Å². The Morgan fingerprint density at radius 3 is 2.38 bits per heavy atom. The molecular weight excluding hydrogens is 352 g/mol. The Hall–Kier alpha value is -0.430. The fourth-order valence-electron chi connectivity index (χ4n) is 3.10. The lowest BCUT2D eigenvalue weighted by molar-refractivity contribution is 0.204. The zero-order valence-corrected chi connectivity index (χ0v) is 15.2. The molecule has 2 atom stereocenters. The monoisotopic (exact) mass is 374 g/mol. The number of hydrogen-bond donors (Lipinski definition) is 1. The minimum atomic E-state index is -3.52. The van der Waals surface area contributed by atoms with E-state index in [0.29, 0.717) is 15.9 Å². The van der Waals surface area contributed by atoms with Crippen molar-refractivity contribution in [3.8, 4) is 0 Å². The van der Waals surface area contributed by atoms with Crippen LogP contribution < -0.4 is 5.73 Å². The molecule has 0 radical (unpaired) electrons.